The van der Waals surface area contributed by atoms with Crippen molar-refractivity contribution in [3.63, 3.8) is 0 Å². The van der Waals surface area contributed by atoms with E-state index in [2.05, 4.69) is 41.5 Å². The van der Waals surface area contributed by atoms with Crippen molar-refractivity contribution in [2.45, 2.75) is 31.4 Å². The molecular weight excluding hydrogens is 330 g/mol. The van der Waals surface area contributed by atoms with Crippen LogP contribution in [0.5, 0.6) is 0 Å². The molecule has 0 aliphatic carbocycles. The molecule has 0 saturated carbocycles. The molecule has 1 unspecified atom stereocenters. The second-order valence-corrected chi connectivity index (χ2v) is 7.45. The largest absolute Gasteiger partial charge is 0.303 e. The summed E-state index contributed by atoms with van der Waals surface area (Å²) in [7, 11) is 0. The molecule has 3 rings (SSSR count). The quantitative estimate of drug-likeness (QED) is 0.654. The molecule has 25 heavy (non-hydrogen) atoms. The number of amides is 1. The fourth-order valence-electron chi connectivity index (χ4n) is 2.53. The number of thioether (sulfide) groups is 1. The summed E-state index contributed by atoms with van der Waals surface area (Å²) in [6, 6.07) is 18.2. The highest BCUT2D eigenvalue weighted by Gasteiger charge is 2.30. The first kappa shape index (κ1) is 17.4. The summed E-state index contributed by atoms with van der Waals surface area (Å²) in [4.78, 5) is 12.1. The Bertz CT molecular complexity index is 782. The normalized spacial score (nSPS) is 19.1. The molecule has 5 heteroatoms. The zero-order valence-corrected chi connectivity index (χ0v) is 15.2. The predicted molar refractivity (Wildman–Crippen MR) is 105 cm³/mol. The average Bonchev–Trinajstić information content (AvgIpc) is 2.96. The van der Waals surface area contributed by atoms with Gasteiger partial charge in [-0.25, -0.2) is 0 Å². The molecule has 0 aromatic heterocycles. The maximum Gasteiger partial charge on any atom is 0.239 e. The van der Waals surface area contributed by atoms with Crippen LogP contribution in [0.2, 0.25) is 0 Å². The third kappa shape index (κ3) is 4.79. The summed E-state index contributed by atoms with van der Waals surface area (Å²) in [5.41, 5.74) is 3.43. The lowest BCUT2D eigenvalue weighted by Crippen LogP contribution is -2.25. The highest BCUT2D eigenvalue weighted by atomic mass is 32.2. The van der Waals surface area contributed by atoms with E-state index >= 15 is 0 Å². The first-order valence-electron chi connectivity index (χ1n) is 8.34. The molecule has 2 aromatic rings. The minimum absolute atomic E-state index is 0.0101. The van der Waals surface area contributed by atoms with Gasteiger partial charge in [-0.1, -0.05) is 80.2 Å². The van der Waals surface area contributed by atoms with Crippen molar-refractivity contribution in [3.8, 4) is 0 Å². The monoisotopic (exact) mass is 351 g/mol. The van der Waals surface area contributed by atoms with Gasteiger partial charge in [0.15, 0.2) is 5.17 Å². The van der Waals surface area contributed by atoms with Crippen molar-refractivity contribution in [2.75, 3.05) is 0 Å². The van der Waals surface area contributed by atoms with Crippen LogP contribution in [0.25, 0.3) is 0 Å². The molecule has 1 aliphatic heterocycles. The van der Waals surface area contributed by atoms with Crippen LogP contribution in [0.4, 0.5) is 0 Å². The summed E-state index contributed by atoms with van der Waals surface area (Å²) in [6.45, 7) is 4.34. The summed E-state index contributed by atoms with van der Waals surface area (Å²) >= 11 is 1.43. The lowest BCUT2D eigenvalue weighted by atomic mass is 10.0. The van der Waals surface area contributed by atoms with Gasteiger partial charge in [-0.3, -0.25) is 4.79 Å². The number of carbonyl (C=O) groups is 1. The van der Waals surface area contributed by atoms with Crippen molar-refractivity contribution in [1.82, 2.24) is 5.32 Å². The SMILES string of the molecule is CC(C)c1ccc(C=NN=C2NC(=O)C(Cc3ccccc3)S2)cc1. The highest BCUT2D eigenvalue weighted by Crippen LogP contribution is 2.23. The lowest BCUT2D eigenvalue weighted by molar-refractivity contribution is -0.118. The molecule has 1 heterocycles. The van der Waals surface area contributed by atoms with Crippen LogP contribution >= 0.6 is 11.8 Å². The van der Waals surface area contributed by atoms with Crippen LogP contribution in [0.3, 0.4) is 0 Å². The Labute approximate surface area is 152 Å². The Hall–Kier alpha value is -2.40. The van der Waals surface area contributed by atoms with Crippen LogP contribution in [0, 0.1) is 0 Å². The number of amidine groups is 1. The van der Waals surface area contributed by atoms with E-state index in [0.29, 0.717) is 17.5 Å². The zero-order chi connectivity index (χ0) is 17.6. The van der Waals surface area contributed by atoms with Gasteiger partial charge < -0.3 is 5.32 Å². The summed E-state index contributed by atoms with van der Waals surface area (Å²) in [6.07, 6.45) is 2.39. The number of benzene rings is 2. The molecule has 1 fully saturated rings. The van der Waals surface area contributed by atoms with Gasteiger partial charge in [-0.15, -0.1) is 5.10 Å². The van der Waals surface area contributed by atoms with Gasteiger partial charge in [-0.2, -0.15) is 5.10 Å². The maximum atomic E-state index is 12.1. The summed E-state index contributed by atoms with van der Waals surface area (Å²) < 4.78 is 0. The Balaban J connectivity index is 1.59. The second kappa shape index (κ2) is 8.12. The van der Waals surface area contributed by atoms with Gasteiger partial charge in [-0.05, 0) is 29.0 Å². The van der Waals surface area contributed by atoms with E-state index in [1.807, 2.05) is 42.5 Å². The molecule has 1 aliphatic rings. The van der Waals surface area contributed by atoms with E-state index in [4.69, 9.17) is 0 Å². The smallest absolute Gasteiger partial charge is 0.239 e. The van der Waals surface area contributed by atoms with Crippen molar-refractivity contribution >= 4 is 29.1 Å². The third-order valence-electron chi connectivity index (χ3n) is 4.00. The van der Waals surface area contributed by atoms with E-state index in [1.54, 1.807) is 6.21 Å². The molecule has 1 N–H and O–H groups in total. The number of nitrogens with zero attached hydrogens (tertiary/aromatic N) is 2. The maximum absolute atomic E-state index is 12.1. The standard InChI is InChI=1S/C20H21N3OS/c1-14(2)17-10-8-16(9-11-17)13-21-23-20-22-19(24)18(25-20)12-15-6-4-3-5-7-15/h3-11,13-14,18H,12H2,1-2H3,(H,22,23,24). The summed E-state index contributed by atoms with van der Waals surface area (Å²) in [5.74, 6) is 0.502. The minimum Gasteiger partial charge on any atom is -0.303 e. The predicted octanol–water partition coefficient (Wildman–Crippen LogP) is 3.97. The minimum atomic E-state index is -0.151. The number of nitrogens with one attached hydrogen (secondary N) is 1. The summed E-state index contributed by atoms with van der Waals surface area (Å²) in [5, 5.41) is 11.4. The van der Waals surface area contributed by atoms with Crippen LogP contribution in [0.15, 0.2) is 64.8 Å². The Morgan fingerprint density at radius 1 is 1.12 bits per heavy atom. The Morgan fingerprint density at radius 3 is 2.52 bits per heavy atom. The van der Waals surface area contributed by atoms with Crippen molar-refractivity contribution in [1.29, 1.82) is 0 Å². The van der Waals surface area contributed by atoms with Crippen LogP contribution in [-0.4, -0.2) is 22.5 Å². The van der Waals surface area contributed by atoms with Gasteiger partial charge in [0.1, 0.15) is 0 Å². The lowest BCUT2D eigenvalue weighted by Gasteiger charge is -2.04. The molecule has 1 atom stereocenters. The molecule has 0 bridgehead atoms. The van der Waals surface area contributed by atoms with E-state index in [0.717, 1.165) is 11.1 Å². The zero-order valence-electron chi connectivity index (χ0n) is 14.3. The first-order valence-corrected chi connectivity index (χ1v) is 9.22. The number of carbonyl (C=O) groups excluding carboxylic acids is 1. The topological polar surface area (TPSA) is 53.8 Å². The number of rotatable bonds is 5. The van der Waals surface area contributed by atoms with Gasteiger partial charge in [0.05, 0.1) is 11.5 Å². The van der Waals surface area contributed by atoms with Gasteiger partial charge in [0, 0.05) is 0 Å². The van der Waals surface area contributed by atoms with E-state index < -0.39 is 0 Å². The molecule has 2 aromatic carbocycles. The fraction of sp³-hybridized carbons (Fsp3) is 0.250. The van der Waals surface area contributed by atoms with Crippen molar-refractivity contribution < 1.29 is 4.79 Å². The van der Waals surface area contributed by atoms with Crippen LogP contribution in [0.1, 0.15) is 36.5 Å². The molecule has 1 amide bonds. The molecular formula is C20H21N3OS. The molecule has 4 nitrogen and oxygen atoms in total. The van der Waals surface area contributed by atoms with E-state index in [1.165, 1.54) is 17.3 Å². The molecule has 1 saturated heterocycles. The first-order chi connectivity index (χ1) is 12.1. The van der Waals surface area contributed by atoms with Gasteiger partial charge >= 0.3 is 0 Å². The number of hydrogen-bond donors (Lipinski definition) is 1. The van der Waals surface area contributed by atoms with Crippen molar-refractivity contribution in [2.24, 2.45) is 10.2 Å². The Kier molecular flexibility index (Phi) is 5.66. The molecule has 128 valence electrons. The fourth-order valence-corrected chi connectivity index (χ4v) is 3.49. The van der Waals surface area contributed by atoms with Crippen LogP contribution in [-0.2, 0) is 11.2 Å². The second-order valence-electron chi connectivity index (χ2n) is 6.26. The van der Waals surface area contributed by atoms with E-state index in [9.17, 15) is 4.79 Å². The third-order valence-corrected chi connectivity index (χ3v) is 5.07. The number of hydrogen-bond acceptors (Lipinski definition) is 4. The van der Waals surface area contributed by atoms with Crippen molar-refractivity contribution in [3.05, 3.63) is 71.3 Å². The Morgan fingerprint density at radius 2 is 1.84 bits per heavy atom. The highest BCUT2D eigenvalue weighted by molar-refractivity contribution is 8.15. The van der Waals surface area contributed by atoms with Crippen LogP contribution < -0.4 is 5.32 Å². The van der Waals surface area contributed by atoms with Gasteiger partial charge in [0.25, 0.3) is 0 Å². The molecule has 0 radical (unpaired) electrons. The molecule has 0 spiro atoms. The average molecular weight is 351 g/mol. The van der Waals surface area contributed by atoms with E-state index in [-0.39, 0.29) is 11.2 Å². The van der Waals surface area contributed by atoms with Gasteiger partial charge in [0.2, 0.25) is 5.91 Å².